The van der Waals surface area contributed by atoms with E-state index in [-0.39, 0.29) is 24.0 Å². The van der Waals surface area contributed by atoms with E-state index in [1.807, 2.05) is 55.8 Å². The Hall–Kier alpha value is -2.35. The average molecular weight is 447 g/mol. The summed E-state index contributed by atoms with van der Waals surface area (Å²) in [7, 11) is 1.91. The second-order valence-electron chi connectivity index (χ2n) is 5.80. The van der Waals surface area contributed by atoms with Gasteiger partial charge in [0.1, 0.15) is 0 Å². The van der Waals surface area contributed by atoms with Crippen LogP contribution in [0.5, 0.6) is 0 Å². The van der Waals surface area contributed by atoms with Crippen molar-refractivity contribution in [3.05, 3.63) is 72.1 Å². The number of aliphatic imine (C=N–C) groups is 1. The molecule has 2 aromatic carbocycles. The fraction of sp³-hybridized carbons (Fsp3) is 0.158. The number of benzene rings is 2. The van der Waals surface area contributed by atoms with Crippen molar-refractivity contribution >= 4 is 35.6 Å². The molecule has 0 bridgehead atoms. The Labute approximate surface area is 165 Å². The molecule has 0 radical (unpaired) electrons. The van der Waals surface area contributed by atoms with E-state index in [2.05, 4.69) is 34.5 Å². The summed E-state index contributed by atoms with van der Waals surface area (Å²) in [5.41, 5.74) is 11.4. The lowest BCUT2D eigenvalue weighted by atomic mass is 10.1. The Morgan fingerprint density at radius 1 is 1.16 bits per heavy atom. The van der Waals surface area contributed by atoms with Crippen molar-refractivity contribution < 1.29 is 0 Å². The van der Waals surface area contributed by atoms with Crippen LogP contribution < -0.4 is 11.1 Å². The molecule has 0 unspecified atom stereocenters. The highest BCUT2D eigenvalue weighted by Gasteiger charge is 2.02. The predicted octanol–water partition coefficient (Wildman–Crippen LogP) is 3.94. The lowest BCUT2D eigenvalue weighted by molar-refractivity contribution is 0.768. The Morgan fingerprint density at radius 3 is 2.60 bits per heavy atom. The van der Waals surface area contributed by atoms with Gasteiger partial charge in [-0.2, -0.15) is 5.10 Å². The summed E-state index contributed by atoms with van der Waals surface area (Å²) >= 11 is 0. The highest BCUT2D eigenvalue weighted by Crippen LogP contribution is 2.20. The standard InChI is InChI=1S/C19H21N5.HI/c1-14-6-8-18(9-7-14)23-19(20)21-11-15-4-3-5-16(10-15)17-12-22-24(2)13-17;/h3-10,12-13H,11H2,1-2H3,(H3,20,21,23);1H. The van der Waals surface area contributed by atoms with Crippen LogP contribution >= 0.6 is 24.0 Å². The molecule has 0 atom stereocenters. The fourth-order valence-electron chi connectivity index (χ4n) is 2.42. The van der Waals surface area contributed by atoms with Crippen molar-refractivity contribution in [2.75, 3.05) is 5.32 Å². The number of guanidine groups is 1. The zero-order valence-corrected chi connectivity index (χ0v) is 16.6. The maximum Gasteiger partial charge on any atom is 0.193 e. The minimum atomic E-state index is 0. The second kappa shape index (κ2) is 8.66. The maximum atomic E-state index is 5.97. The molecule has 0 fully saturated rings. The lowest BCUT2D eigenvalue weighted by Gasteiger charge is -2.06. The van der Waals surface area contributed by atoms with E-state index in [1.165, 1.54) is 5.56 Å². The molecule has 0 aliphatic heterocycles. The molecule has 5 nitrogen and oxygen atoms in total. The van der Waals surface area contributed by atoms with Crippen molar-refractivity contribution in [3.63, 3.8) is 0 Å². The van der Waals surface area contributed by atoms with Gasteiger partial charge in [-0.05, 0) is 36.2 Å². The number of nitrogens with two attached hydrogens (primary N) is 1. The Morgan fingerprint density at radius 2 is 1.92 bits per heavy atom. The van der Waals surface area contributed by atoms with Gasteiger partial charge in [0.2, 0.25) is 0 Å². The highest BCUT2D eigenvalue weighted by atomic mass is 127. The van der Waals surface area contributed by atoms with E-state index in [4.69, 9.17) is 5.73 Å². The van der Waals surface area contributed by atoms with Gasteiger partial charge in [-0.3, -0.25) is 4.68 Å². The topological polar surface area (TPSA) is 68.2 Å². The molecule has 3 N–H and O–H groups in total. The molecule has 0 amide bonds. The van der Waals surface area contributed by atoms with Crippen LogP contribution in [0.4, 0.5) is 5.69 Å². The first-order valence-electron chi connectivity index (χ1n) is 7.82. The van der Waals surface area contributed by atoms with Crippen molar-refractivity contribution in [2.45, 2.75) is 13.5 Å². The zero-order valence-electron chi connectivity index (χ0n) is 14.3. The summed E-state index contributed by atoms with van der Waals surface area (Å²) in [5.74, 6) is 0.408. The molecule has 130 valence electrons. The number of hydrogen-bond acceptors (Lipinski definition) is 2. The van der Waals surface area contributed by atoms with Crippen LogP contribution in [0.15, 0.2) is 65.9 Å². The summed E-state index contributed by atoms with van der Waals surface area (Å²) in [6.45, 7) is 2.58. The molecule has 1 heterocycles. The largest absolute Gasteiger partial charge is 0.370 e. The summed E-state index contributed by atoms with van der Waals surface area (Å²) in [6.07, 6.45) is 3.85. The number of halogens is 1. The van der Waals surface area contributed by atoms with Crippen molar-refractivity contribution in [3.8, 4) is 11.1 Å². The minimum Gasteiger partial charge on any atom is -0.370 e. The number of rotatable bonds is 4. The molecule has 0 spiro atoms. The Balaban J connectivity index is 0.00000225. The molecule has 1 aromatic heterocycles. The van der Waals surface area contributed by atoms with Crippen LogP contribution in [-0.2, 0) is 13.6 Å². The van der Waals surface area contributed by atoms with E-state index in [9.17, 15) is 0 Å². The Kier molecular flexibility index (Phi) is 6.58. The van der Waals surface area contributed by atoms with Gasteiger partial charge in [0.05, 0.1) is 12.7 Å². The normalized spacial score (nSPS) is 11.0. The van der Waals surface area contributed by atoms with Gasteiger partial charge in [-0.15, -0.1) is 24.0 Å². The van der Waals surface area contributed by atoms with Gasteiger partial charge in [-0.1, -0.05) is 35.9 Å². The number of nitrogens with zero attached hydrogens (tertiary/aromatic N) is 3. The quantitative estimate of drug-likeness (QED) is 0.362. The van der Waals surface area contributed by atoms with E-state index in [0.717, 1.165) is 22.4 Å². The summed E-state index contributed by atoms with van der Waals surface area (Å²) in [6, 6.07) is 16.3. The zero-order chi connectivity index (χ0) is 16.9. The second-order valence-corrected chi connectivity index (χ2v) is 5.80. The molecular formula is C19H22IN5. The molecule has 6 heteroatoms. The molecule has 0 saturated carbocycles. The minimum absolute atomic E-state index is 0. The Bertz CT molecular complexity index is 852. The van der Waals surface area contributed by atoms with Gasteiger partial charge < -0.3 is 11.1 Å². The summed E-state index contributed by atoms with van der Waals surface area (Å²) in [5, 5.41) is 7.31. The summed E-state index contributed by atoms with van der Waals surface area (Å²) < 4.78 is 1.80. The number of aryl methyl sites for hydroxylation is 2. The third kappa shape index (κ3) is 5.32. The van der Waals surface area contributed by atoms with Gasteiger partial charge in [0, 0.05) is 24.5 Å². The predicted molar refractivity (Wildman–Crippen MR) is 114 cm³/mol. The van der Waals surface area contributed by atoms with E-state index < -0.39 is 0 Å². The van der Waals surface area contributed by atoms with Crippen LogP contribution in [0.3, 0.4) is 0 Å². The summed E-state index contributed by atoms with van der Waals surface area (Å²) in [4.78, 5) is 4.41. The van der Waals surface area contributed by atoms with Crippen molar-refractivity contribution in [1.29, 1.82) is 0 Å². The van der Waals surface area contributed by atoms with Gasteiger partial charge in [-0.25, -0.2) is 4.99 Å². The van der Waals surface area contributed by atoms with Crippen molar-refractivity contribution in [1.82, 2.24) is 9.78 Å². The van der Waals surface area contributed by atoms with Crippen LogP contribution in [0.1, 0.15) is 11.1 Å². The highest BCUT2D eigenvalue weighted by molar-refractivity contribution is 14.0. The number of hydrogen-bond donors (Lipinski definition) is 2. The van der Waals surface area contributed by atoms with Crippen LogP contribution in [0.25, 0.3) is 11.1 Å². The van der Waals surface area contributed by atoms with E-state index >= 15 is 0 Å². The van der Waals surface area contributed by atoms with Gasteiger partial charge in [0.15, 0.2) is 5.96 Å². The van der Waals surface area contributed by atoms with E-state index in [0.29, 0.717) is 12.5 Å². The van der Waals surface area contributed by atoms with Crippen LogP contribution in [0.2, 0.25) is 0 Å². The molecule has 0 saturated heterocycles. The van der Waals surface area contributed by atoms with E-state index in [1.54, 1.807) is 4.68 Å². The lowest BCUT2D eigenvalue weighted by Crippen LogP contribution is -2.22. The van der Waals surface area contributed by atoms with Gasteiger partial charge in [0.25, 0.3) is 0 Å². The van der Waals surface area contributed by atoms with Gasteiger partial charge >= 0.3 is 0 Å². The molecule has 0 aliphatic carbocycles. The number of anilines is 1. The smallest absolute Gasteiger partial charge is 0.193 e. The van der Waals surface area contributed by atoms with Crippen LogP contribution in [0, 0.1) is 6.92 Å². The molecule has 3 aromatic rings. The number of aromatic nitrogens is 2. The fourth-order valence-corrected chi connectivity index (χ4v) is 2.42. The average Bonchev–Trinajstić information content (AvgIpc) is 3.02. The first-order valence-corrected chi connectivity index (χ1v) is 7.82. The molecular weight excluding hydrogens is 425 g/mol. The first-order chi connectivity index (χ1) is 11.6. The third-order valence-electron chi connectivity index (χ3n) is 3.72. The monoisotopic (exact) mass is 447 g/mol. The van der Waals surface area contributed by atoms with Crippen molar-refractivity contribution in [2.24, 2.45) is 17.8 Å². The maximum absolute atomic E-state index is 5.97. The number of nitrogens with one attached hydrogen (secondary N) is 1. The van der Waals surface area contributed by atoms with Crippen LogP contribution in [-0.4, -0.2) is 15.7 Å². The molecule has 0 aliphatic rings. The molecule has 25 heavy (non-hydrogen) atoms. The SMILES string of the molecule is Cc1ccc(NC(N)=NCc2cccc(-c3cnn(C)c3)c2)cc1.I. The molecule has 3 rings (SSSR count). The first kappa shape index (κ1) is 19.0. The third-order valence-corrected chi connectivity index (χ3v) is 3.72.